The average Bonchev–Trinajstić information content (AvgIpc) is 2.81. The molecule has 2 aromatic rings. The summed E-state index contributed by atoms with van der Waals surface area (Å²) in [6.45, 7) is 9.69. The first-order chi connectivity index (χ1) is 9.49. The van der Waals surface area contributed by atoms with Gasteiger partial charge in [0.15, 0.2) is 4.47 Å². The molecule has 108 valence electrons. The highest BCUT2D eigenvalue weighted by atomic mass is 35.5. The van der Waals surface area contributed by atoms with E-state index in [1.165, 1.54) is 28.2 Å². The highest BCUT2D eigenvalue weighted by Gasteiger charge is 2.13. The van der Waals surface area contributed by atoms with Gasteiger partial charge in [-0.25, -0.2) is 4.98 Å². The maximum atomic E-state index is 5.89. The van der Waals surface area contributed by atoms with E-state index < -0.39 is 0 Å². The summed E-state index contributed by atoms with van der Waals surface area (Å²) < 4.78 is 0.600. The van der Waals surface area contributed by atoms with Crippen LogP contribution in [0.1, 0.15) is 55.5 Å². The third kappa shape index (κ3) is 3.53. The van der Waals surface area contributed by atoms with Gasteiger partial charge in [0.2, 0.25) is 0 Å². The number of hydrogen-bond donors (Lipinski definition) is 1. The first-order valence-electron chi connectivity index (χ1n) is 6.96. The van der Waals surface area contributed by atoms with Gasteiger partial charge in [-0.15, -0.1) is 11.3 Å². The van der Waals surface area contributed by atoms with Gasteiger partial charge in [-0.3, -0.25) is 0 Å². The molecular weight excluding hydrogens is 288 g/mol. The van der Waals surface area contributed by atoms with Gasteiger partial charge in [0.05, 0.1) is 6.54 Å². The van der Waals surface area contributed by atoms with Crippen molar-refractivity contribution in [2.24, 2.45) is 0 Å². The number of benzene rings is 1. The number of halogens is 1. The number of aromatic nitrogens is 1. The van der Waals surface area contributed by atoms with Gasteiger partial charge in [-0.1, -0.05) is 57.5 Å². The van der Waals surface area contributed by atoms with E-state index in [2.05, 4.69) is 56.2 Å². The zero-order valence-electron chi connectivity index (χ0n) is 12.4. The van der Waals surface area contributed by atoms with Crippen LogP contribution in [0.3, 0.4) is 0 Å². The normalized spacial score (nSPS) is 11.3. The predicted octanol–water partition coefficient (Wildman–Crippen LogP) is 5.66. The van der Waals surface area contributed by atoms with Crippen molar-refractivity contribution in [3.05, 3.63) is 44.9 Å². The van der Waals surface area contributed by atoms with E-state index in [4.69, 9.17) is 11.6 Å². The summed E-state index contributed by atoms with van der Waals surface area (Å²) in [5.41, 5.74) is 4.00. The molecule has 0 aliphatic rings. The summed E-state index contributed by atoms with van der Waals surface area (Å²) >= 11 is 7.41. The topological polar surface area (TPSA) is 24.9 Å². The molecular formula is C16H21ClN2S. The molecule has 1 aromatic heterocycles. The second-order valence-corrected chi connectivity index (χ2v) is 7.25. The first kappa shape index (κ1) is 15.3. The van der Waals surface area contributed by atoms with Gasteiger partial charge >= 0.3 is 0 Å². The van der Waals surface area contributed by atoms with E-state index in [0.29, 0.717) is 16.3 Å². The fourth-order valence-electron chi connectivity index (χ4n) is 2.30. The molecule has 0 aliphatic heterocycles. The van der Waals surface area contributed by atoms with Crippen molar-refractivity contribution in [3.63, 3.8) is 0 Å². The van der Waals surface area contributed by atoms with Crippen LogP contribution in [0.25, 0.3) is 0 Å². The fourth-order valence-corrected chi connectivity index (χ4v) is 3.21. The largest absolute Gasteiger partial charge is 0.380 e. The number of nitrogens with one attached hydrogen (secondary N) is 1. The van der Waals surface area contributed by atoms with Crippen LogP contribution in [0, 0.1) is 0 Å². The van der Waals surface area contributed by atoms with E-state index >= 15 is 0 Å². The smallest absolute Gasteiger partial charge is 0.183 e. The molecule has 0 saturated heterocycles. The minimum atomic E-state index is 0.501. The fraction of sp³-hybridized carbons (Fsp3) is 0.438. The minimum absolute atomic E-state index is 0.501. The Kier molecular flexibility index (Phi) is 5.06. The molecule has 1 heterocycles. The Labute approximate surface area is 130 Å². The van der Waals surface area contributed by atoms with Gasteiger partial charge in [0, 0.05) is 16.8 Å². The lowest BCUT2D eigenvalue weighted by atomic mass is 9.92. The summed E-state index contributed by atoms with van der Waals surface area (Å²) in [5.74, 6) is 1.00. The number of nitrogens with zero attached hydrogens (tertiary/aromatic N) is 1. The number of rotatable bonds is 5. The third-order valence-corrected chi connectivity index (χ3v) is 4.45. The molecule has 2 rings (SSSR count). The number of anilines is 1. The molecule has 4 heteroatoms. The zero-order valence-corrected chi connectivity index (χ0v) is 14.0. The van der Waals surface area contributed by atoms with Crippen LogP contribution in [0.4, 0.5) is 5.69 Å². The molecule has 0 bridgehead atoms. The molecule has 0 spiro atoms. The third-order valence-electron chi connectivity index (χ3n) is 3.34. The van der Waals surface area contributed by atoms with Crippen LogP contribution in [0.15, 0.2) is 24.4 Å². The van der Waals surface area contributed by atoms with Gasteiger partial charge in [-0.2, -0.15) is 0 Å². The number of thiazole rings is 1. The van der Waals surface area contributed by atoms with Crippen LogP contribution < -0.4 is 5.32 Å². The summed E-state index contributed by atoms with van der Waals surface area (Å²) in [6, 6.07) is 6.57. The van der Waals surface area contributed by atoms with Crippen molar-refractivity contribution >= 4 is 28.6 Å². The Morgan fingerprint density at radius 2 is 1.75 bits per heavy atom. The molecule has 0 saturated carbocycles. The SMILES string of the molecule is CC(C)c1cccc(C(C)C)c1NCc1cnc(Cl)s1. The highest BCUT2D eigenvalue weighted by molar-refractivity contribution is 7.15. The molecule has 0 atom stereocenters. The van der Waals surface area contributed by atoms with E-state index in [1.807, 2.05) is 6.20 Å². The maximum absolute atomic E-state index is 5.89. The second kappa shape index (κ2) is 6.59. The van der Waals surface area contributed by atoms with Crippen molar-refractivity contribution in [3.8, 4) is 0 Å². The Morgan fingerprint density at radius 3 is 2.20 bits per heavy atom. The lowest BCUT2D eigenvalue weighted by molar-refractivity contribution is 0.833. The van der Waals surface area contributed by atoms with E-state index in [0.717, 1.165) is 11.4 Å². The highest BCUT2D eigenvalue weighted by Crippen LogP contribution is 2.33. The maximum Gasteiger partial charge on any atom is 0.183 e. The summed E-state index contributed by atoms with van der Waals surface area (Å²) in [4.78, 5) is 5.24. The molecule has 2 nitrogen and oxygen atoms in total. The summed E-state index contributed by atoms with van der Waals surface area (Å²) in [6.07, 6.45) is 1.84. The Bertz CT molecular complexity index is 549. The molecule has 0 amide bonds. The minimum Gasteiger partial charge on any atom is -0.380 e. The monoisotopic (exact) mass is 308 g/mol. The zero-order chi connectivity index (χ0) is 14.7. The van der Waals surface area contributed by atoms with Crippen molar-refractivity contribution in [1.29, 1.82) is 0 Å². The van der Waals surface area contributed by atoms with E-state index in [1.54, 1.807) is 0 Å². The Balaban J connectivity index is 2.28. The van der Waals surface area contributed by atoms with Crippen molar-refractivity contribution in [1.82, 2.24) is 4.98 Å². The van der Waals surface area contributed by atoms with Gasteiger partial charge < -0.3 is 5.32 Å². The molecule has 0 unspecified atom stereocenters. The van der Waals surface area contributed by atoms with Crippen LogP contribution in [0.2, 0.25) is 4.47 Å². The molecule has 0 radical (unpaired) electrons. The lowest BCUT2D eigenvalue weighted by Crippen LogP contribution is -2.07. The number of hydrogen-bond acceptors (Lipinski definition) is 3. The first-order valence-corrected chi connectivity index (χ1v) is 8.15. The van der Waals surface area contributed by atoms with Crippen LogP contribution >= 0.6 is 22.9 Å². The van der Waals surface area contributed by atoms with Crippen molar-refractivity contribution < 1.29 is 0 Å². The van der Waals surface area contributed by atoms with Gasteiger partial charge in [-0.05, 0) is 23.0 Å². The standard InChI is InChI=1S/C16H21ClN2S/c1-10(2)13-6-5-7-14(11(3)4)15(13)18-8-12-9-19-16(17)20-12/h5-7,9-11,18H,8H2,1-4H3. The quantitative estimate of drug-likeness (QED) is 0.771. The van der Waals surface area contributed by atoms with E-state index in [9.17, 15) is 0 Å². The lowest BCUT2D eigenvalue weighted by Gasteiger charge is -2.20. The molecule has 0 aliphatic carbocycles. The second-order valence-electron chi connectivity index (χ2n) is 5.55. The number of para-hydroxylation sites is 1. The molecule has 20 heavy (non-hydrogen) atoms. The van der Waals surface area contributed by atoms with Gasteiger partial charge in [0.25, 0.3) is 0 Å². The average molecular weight is 309 g/mol. The van der Waals surface area contributed by atoms with Crippen LogP contribution in [-0.4, -0.2) is 4.98 Å². The summed E-state index contributed by atoms with van der Waals surface area (Å²) in [5, 5.41) is 3.59. The van der Waals surface area contributed by atoms with E-state index in [-0.39, 0.29) is 0 Å². The Hall–Kier alpha value is -1.06. The predicted molar refractivity (Wildman–Crippen MR) is 89.1 cm³/mol. The molecule has 0 fully saturated rings. The van der Waals surface area contributed by atoms with Crippen LogP contribution in [0.5, 0.6) is 0 Å². The van der Waals surface area contributed by atoms with Crippen LogP contribution in [-0.2, 0) is 6.54 Å². The molecule has 1 N–H and O–H groups in total. The Morgan fingerprint density at radius 1 is 1.15 bits per heavy atom. The van der Waals surface area contributed by atoms with Crippen molar-refractivity contribution in [2.75, 3.05) is 5.32 Å². The summed E-state index contributed by atoms with van der Waals surface area (Å²) in [7, 11) is 0. The molecule has 1 aromatic carbocycles. The van der Waals surface area contributed by atoms with Crippen molar-refractivity contribution in [2.45, 2.75) is 46.1 Å². The van der Waals surface area contributed by atoms with Gasteiger partial charge in [0.1, 0.15) is 0 Å².